The highest BCUT2D eigenvalue weighted by atomic mass is 16.4. The average molecular weight is 342 g/mol. The second kappa shape index (κ2) is 6.66. The van der Waals surface area contributed by atoms with Crippen LogP contribution in [0.2, 0.25) is 0 Å². The zero-order valence-electron chi connectivity index (χ0n) is 14.6. The van der Waals surface area contributed by atoms with E-state index in [2.05, 4.69) is 10.1 Å². The molecule has 0 bridgehead atoms. The number of likely N-dealkylation sites (tertiary alicyclic amines) is 1. The molecular formula is C18H22N4O3. The molecule has 0 saturated carbocycles. The third-order valence-electron chi connectivity index (χ3n) is 4.89. The fourth-order valence-electron chi connectivity index (χ4n) is 3.59. The maximum Gasteiger partial charge on any atom is 0.309 e. The van der Waals surface area contributed by atoms with Gasteiger partial charge in [0.1, 0.15) is 0 Å². The van der Waals surface area contributed by atoms with E-state index in [-0.39, 0.29) is 18.4 Å². The van der Waals surface area contributed by atoms with E-state index in [0.29, 0.717) is 30.0 Å². The molecule has 3 rings (SSSR count). The van der Waals surface area contributed by atoms with Crippen LogP contribution >= 0.6 is 0 Å². The van der Waals surface area contributed by atoms with Crippen LogP contribution in [-0.2, 0) is 11.3 Å². The molecule has 1 amide bonds. The maximum absolute atomic E-state index is 13.0. The van der Waals surface area contributed by atoms with Crippen LogP contribution in [0.3, 0.4) is 0 Å². The third-order valence-corrected chi connectivity index (χ3v) is 4.89. The van der Waals surface area contributed by atoms with Crippen LogP contribution in [0.5, 0.6) is 0 Å². The number of aliphatic carboxylic acids is 1. The molecular weight excluding hydrogens is 320 g/mol. The van der Waals surface area contributed by atoms with Crippen LogP contribution in [-0.4, -0.2) is 49.7 Å². The molecule has 0 radical (unpaired) electrons. The van der Waals surface area contributed by atoms with Crippen molar-refractivity contribution in [2.45, 2.75) is 33.2 Å². The fraction of sp³-hybridized carbons (Fsp3) is 0.444. The molecule has 7 heteroatoms. The minimum absolute atomic E-state index is 0.153. The highest BCUT2D eigenvalue weighted by Crippen LogP contribution is 2.33. The summed E-state index contributed by atoms with van der Waals surface area (Å²) >= 11 is 0. The predicted molar refractivity (Wildman–Crippen MR) is 91.4 cm³/mol. The lowest BCUT2D eigenvalue weighted by Gasteiger charge is -2.16. The highest BCUT2D eigenvalue weighted by molar-refractivity contribution is 5.97. The lowest BCUT2D eigenvalue weighted by Crippen LogP contribution is -2.30. The summed E-state index contributed by atoms with van der Waals surface area (Å²) < 4.78 is 1.80. The van der Waals surface area contributed by atoms with Gasteiger partial charge in [0.25, 0.3) is 5.91 Å². The third kappa shape index (κ3) is 3.01. The molecule has 1 aliphatic rings. The second-order valence-electron chi connectivity index (χ2n) is 6.38. The van der Waals surface area contributed by atoms with Crippen molar-refractivity contribution in [1.82, 2.24) is 19.7 Å². The smallest absolute Gasteiger partial charge is 0.309 e. The molecule has 2 aromatic rings. The Morgan fingerprint density at radius 2 is 2.04 bits per heavy atom. The monoisotopic (exact) mass is 342 g/mol. The van der Waals surface area contributed by atoms with Crippen molar-refractivity contribution >= 4 is 11.9 Å². The largest absolute Gasteiger partial charge is 0.481 e. The van der Waals surface area contributed by atoms with E-state index in [9.17, 15) is 14.7 Å². The van der Waals surface area contributed by atoms with Gasteiger partial charge in [0.15, 0.2) is 0 Å². The molecule has 7 nitrogen and oxygen atoms in total. The van der Waals surface area contributed by atoms with Crippen LogP contribution in [0.25, 0.3) is 0 Å². The number of rotatable bonds is 4. The first-order chi connectivity index (χ1) is 11.9. The molecule has 0 spiro atoms. The van der Waals surface area contributed by atoms with E-state index in [0.717, 1.165) is 5.69 Å². The van der Waals surface area contributed by atoms with Crippen molar-refractivity contribution in [1.29, 1.82) is 0 Å². The molecule has 3 heterocycles. The van der Waals surface area contributed by atoms with Crippen molar-refractivity contribution in [2.75, 3.05) is 13.1 Å². The number of carboxylic acids is 1. The Labute approximate surface area is 146 Å². The number of pyridine rings is 1. The summed E-state index contributed by atoms with van der Waals surface area (Å²) in [5.74, 6) is -2.01. The zero-order chi connectivity index (χ0) is 18.1. The van der Waals surface area contributed by atoms with Gasteiger partial charge in [-0.05, 0) is 32.9 Å². The number of carbonyl (C=O) groups excluding carboxylic acids is 1. The molecule has 2 aromatic heterocycles. The first-order valence-electron chi connectivity index (χ1n) is 8.41. The lowest BCUT2D eigenvalue weighted by atomic mass is 9.93. The molecule has 1 saturated heterocycles. The molecule has 0 unspecified atom stereocenters. The van der Waals surface area contributed by atoms with Gasteiger partial charge in [-0.25, -0.2) is 0 Å². The molecule has 25 heavy (non-hydrogen) atoms. The van der Waals surface area contributed by atoms with Gasteiger partial charge in [-0.3, -0.25) is 19.3 Å². The van der Waals surface area contributed by atoms with Crippen LogP contribution in [0, 0.1) is 19.8 Å². The van der Waals surface area contributed by atoms with Crippen LogP contribution in [0.1, 0.15) is 40.3 Å². The summed E-state index contributed by atoms with van der Waals surface area (Å²) in [4.78, 5) is 30.6. The lowest BCUT2D eigenvalue weighted by molar-refractivity contribution is -0.141. The van der Waals surface area contributed by atoms with E-state index in [1.54, 1.807) is 21.8 Å². The van der Waals surface area contributed by atoms with Crippen molar-refractivity contribution in [3.05, 3.63) is 47.0 Å². The van der Waals surface area contributed by atoms with Crippen molar-refractivity contribution in [3.63, 3.8) is 0 Å². The predicted octanol–water partition coefficient (Wildman–Crippen LogP) is 1.86. The van der Waals surface area contributed by atoms with Gasteiger partial charge in [0.05, 0.1) is 17.2 Å². The first kappa shape index (κ1) is 17.1. The van der Waals surface area contributed by atoms with E-state index in [4.69, 9.17) is 0 Å². The van der Waals surface area contributed by atoms with Gasteiger partial charge in [-0.2, -0.15) is 5.10 Å². The Kier molecular flexibility index (Phi) is 4.57. The van der Waals surface area contributed by atoms with E-state index in [1.165, 1.54) is 0 Å². The summed E-state index contributed by atoms with van der Waals surface area (Å²) in [6.07, 6.45) is 1.65. The maximum atomic E-state index is 13.0. The minimum Gasteiger partial charge on any atom is -0.481 e. The Morgan fingerprint density at radius 3 is 2.60 bits per heavy atom. The van der Waals surface area contributed by atoms with E-state index >= 15 is 0 Å². The molecule has 1 aliphatic heterocycles. The summed E-state index contributed by atoms with van der Waals surface area (Å²) in [6.45, 7) is 6.88. The summed E-state index contributed by atoms with van der Waals surface area (Å²) in [6, 6.07) is 5.45. The topological polar surface area (TPSA) is 88.3 Å². The SMILES string of the molecule is CCn1nc(C)c(C(=O)N2C[C@@H](C(=O)O)[C@H](c3ccccn3)C2)c1C. The Balaban J connectivity index is 1.90. The van der Waals surface area contributed by atoms with Crippen LogP contribution in [0.4, 0.5) is 0 Å². The molecule has 0 aromatic carbocycles. The van der Waals surface area contributed by atoms with Gasteiger partial charge in [-0.1, -0.05) is 6.07 Å². The van der Waals surface area contributed by atoms with Gasteiger partial charge in [0, 0.05) is 43.1 Å². The average Bonchev–Trinajstić information content (AvgIpc) is 3.17. The fourth-order valence-corrected chi connectivity index (χ4v) is 3.59. The Morgan fingerprint density at radius 1 is 1.28 bits per heavy atom. The minimum atomic E-state index is -0.899. The van der Waals surface area contributed by atoms with Gasteiger partial charge < -0.3 is 10.0 Å². The normalized spacial score (nSPS) is 20.0. The molecule has 0 aliphatic carbocycles. The number of carbonyl (C=O) groups is 2. The molecule has 1 fully saturated rings. The zero-order valence-corrected chi connectivity index (χ0v) is 14.6. The Hall–Kier alpha value is -2.70. The molecule has 2 atom stereocenters. The summed E-state index contributed by atoms with van der Waals surface area (Å²) in [5.41, 5.74) is 2.78. The number of amides is 1. The van der Waals surface area contributed by atoms with Gasteiger partial charge in [0.2, 0.25) is 0 Å². The quantitative estimate of drug-likeness (QED) is 0.916. The number of aromatic nitrogens is 3. The van der Waals surface area contributed by atoms with Crippen molar-refractivity contribution < 1.29 is 14.7 Å². The summed E-state index contributed by atoms with van der Waals surface area (Å²) in [7, 11) is 0. The van der Waals surface area contributed by atoms with E-state index < -0.39 is 11.9 Å². The Bertz CT molecular complexity index is 800. The number of nitrogens with zero attached hydrogens (tertiary/aromatic N) is 4. The highest BCUT2D eigenvalue weighted by Gasteiger charge is 2.42. The van der Waals surface area contributed by atoms with Crippen molar-refractivity contribution in [3.8, 4) is 0 Å². The standard InChI is InChI=1S/C18H22N4O3/c1-4-22-12(3)16(11(2)20-22)17(23)21-9-13(14(10-21)18(24)25)15-7-5-6-8-19-15/h5-8,13-14H,4,9-10H2,1-3H3,(H,24,25)/t13-,14-/m1/s1. The van der Waals surface area contributed by atoms with Crippen LogP contribution < -0.4 is 0 Å². The summed E-state index contributed by atoms with van der Waals surface area (Å²) in [5, 5.41) is 14.0. The second-order valence-corrected chi connectivity index (χ2v) is 6.38. The molecule has 1 N–H and O–H groups in total. The van der Waals surface area contributed by atoms with Crippen molar-refractivity contribution in [2.24, 2.45) is 5.92 Å². The number of carboxylic acid groups (broad SMARTS) is 1. The number of hydrogen-bond acceptors (Lipinski definition) is 4. The van der Waals surface area contributed by atoms with Gasteiger partial charge >= 0.3 is 5.97 Å². The first-order valence-corrected chi connectivity index (χ1v) is 8.41. The molecule has 132 valence electrons. The number of aryl methyl sites for hydroxylation is 2. The van der Waals surface area contributed by atoms with E-state index in [1.807, 2.05) is 32.9 Å². The van der Waals surface area contributed by atoms with Crippen LogP contribution in [0.15, 0.2) is 24.4 Å². The van der Waals surface area contributed by atoms with Gasteiger partial charge in [-0.15, -0.1) is 0 Å². The number of hydrogen-bond donors (Lipinski definition) is 1.